The zero-order valence-electron chi connectivity index (χ0n) is 9.38. The minimum Gasteiger partial charge on any atom is -0.359 e. The molecular formula is C13H11ClN2O. The van der Waals surface area contributed by atoms with Gasteiger partial charge >= 0.3 is 0 Å². The Morgan fingerprint density at radius 1 is 1.47 bits per heavy atom. The highest BCUT2D eigenvalue weighted by atomic mass is 35.5. The van der Waals surface area contributed by atoms with E-state index in [0.29, 0.717) is 5.02 Å². The largest absolute Gasteiger partial charge is 0.359 e. The van der Waals surface area contributed by atoms with Crippen LogP contribution in [0.1, 0.15) is 24.1 Å². The van der Waals surface area contributed by atoms with Crippen LogP contribution in [0, 0.1) is 6.92 Å². The van der Waals surface area contributed by atoms with E-state index in [0.717, 1.165) is 35.0 Å². The van der Waals surface area contributed by atoms with Crippen LogP contribution in [-0.2, 0) is 10.3 Å². The van der Waals surface area contributed by atoms with E-state index in [1.165, 1.54) is 0 Å². The zero-order chi connectivity index (χ0) is 12.0. The number of aryl methyl sites for hydroxylation is 1. The molecule has 86 valence electrons. The summed E-state index contributed by atoms with van der Waals surface area (Å²) >= 11 is 6.41. The van der Waals surface area contributed by atoms with Gasteiger partial charge in [-0.25, -0.2) is 4.79 Å². The minimum absolute atomic E-state index is 0.405. The Balaban J connectivity index is 2.24. The second kappa shape index (κ2) is 3.46. The molecule has 1 aliphatic carbocycles. The van der Waals surface area contributed by atoms with Crippen molar-refractivity contribution in [1.82, 2.24) is 4.98 Å². The molecule has 1 N–H and O–H groups in total. The molecule has 17 heavy (non-hydrogen) atoms. The molecule has 1 aromatic heterocycles. The molecule has 0 bridgehead atoms. The van der Waals surface area contributed by atoms with E-state index in [1.807, 2.05) is 25.1 Å². The molecule has 1 fully saturated rings. The first-order valence-corrected chi connectivity index (χ1v) is 5.91. The lowest BCUT2D eigenvalue weighted by Gasteiger charge is -2.10. The average molecular weight is 247 g/mol. The van der Waals surface area contributed by atoms with Crippen molar-refractivity contribution < 1.29 is 4.79 Å². The number of rotatable bonds is 2. The summed E-state index contributed by atoms with van der Waals surface area (Å²) in [5.41, 5.74) is 2.62. The van der Waals surface area contributed by atoms with Crippen LogP contribution < -0.4 is 0 Å². The fourth-order valence-corrected chi connectivity index (χ4v) is 2.71. The number of fused-ring (bicyclic) bond motifs is 1. The maximum absolute atomic E-state index is 10.5. The van der Waals surface area contributed by atoms with Gasteiger partial charge in [0.1, 0.15) is 0 Å². The van der Waals surface area contributed by atoms with E-state index in [-0.39, 0.29) is 0 Å². The number of aromatic nitrogens is 1. The van der Waals surface area contributed by atoms with E-state index in [2.05, 4.69) is 9.98 Å². The zero-order valence-corrected chi connectivity index (χ0v) is 10.1. The first kappa shape index (κ1) is 10.6. The number of H-pyrrole nitrogens is 1. The third-order valence-corrected chi connectivity index (χ3v) is 3.76. The third kappa shape index (κ3) is 1.51. The average Bonchev–Trinajstić information content (AvgIpc) is 2.94. The summed E-state index contributed by atoms with van der Waals surface area (Å²) in [6.07, 6.45) is 3.40. The molecular weight excluding hydrogens is 236 g/mol. The molecule has 0 atom stereocenters. The topological polar surface area (TPSA) is 45.2 Å². The molecule has 0 radical (unpaired) electrons. The molecule has 0 unspecified atom stereocenters. The van der Waals surface area contributed by atoms with Crippen LogP contribution in [0.4, 0.5) is 0 Å². The molecule has 0 amide bonds. The second-order valence-corrected chi connectivity index (χ2v) is 4.95. The van der Waals surface area contributed by atoms with Crippen LogP contribution in [0.25, 0.3) is 10.9 Å². The molecule has 0 saturated heterocycles. The van der Waals surface area contributed by atoms with E-state index in [1.54, 1.807) is 6.08 Å². The number of nitrogens with one attached hydrogen (secondary N) is 1. The molecule has 3 rings (SSSR count). The number of hydrogen-bond donors (Lipinski definition) is 1. The van der Waals surface area contributed by atoms with Crippen molar-refractivity contribution in [3.63, 3.8) is 0 Å². The monoisotopic (exact) mass is 246 g/mol. The van der Waals surface area contributed by atoms with Gasteiger partial charge in [0.2, 0.25) is 6.08 Å². The number of carbonyl (C=O) groups excluding carboxylic acids is 1. The van der Waals surface area contributed by atoms with Gasteiger partial charge in [0.05, 0.1) is 10.6 Å². The van der Waals surface area contributed by atoms with E-state index < -0.39 is 5.54 Å². The summed E-state index contributed by atoms with van der Waals surface area (Å²) in [5.74, 6) is 0. The summed E-state index contributed by atoms with van der Waals surface area (Å²) in [6, 6.07) is 5.96. The Labute approximate surface area is 104 Å². The summed E-state index contributed by atoms with van der Waals surface area (Å²) < 4.78 is 0. The highest BCUT2D eigenvalue weighted by Gasteiger charge is 2.46. The van der Waals surface area contributed by atoms with Crippen molar-refractivity contribution in [2.45, 2.75) is 25.3 Å². The van der Waals surface area contributed by atoms with Gasteiger partial charge in [0, 0.05) is 16.6 Å². The van der Waals surface area contributed by atoms with Crippen LogP contribution in [-0.4, -0.2) is 11.1 Å². The normalized spacial score (nSPS) is 16.8. The molecule has 1 aliphatic rings. The minimum atomic E-state index is -0.405. The number of aliphatic imine (C=N–C) groups is 1. The molecule has 4 heteroatoms. The van der Waals surface area contributed by atoms with Gasteiger partial charge in [0.15, 0.2) is 0 Å². The van der Waals surface area contributed by atoms with Crippen molar-refractivity contribution in [1.29, 1.82) is 0 Å². The van der Waals surface area contributed by atoms with E-state index in [9.17, 15) is 4.79 Å². The lowest BCUT2D eigenvalue weighted by molar-refractivity contribution is 0.556. The van der Waals surface area contributed by atoms with Gasteiger partial charge in [-0.2, -0.15) is 4.99 Å². The SMILES string of the molecule is Cc1cc2c(Cl)c(C3(N=C=O)CC3)ccc2[nH]1. The van der Waals surface area contributed by atoms with Gasteiger partial charge in [0.25, 0.3) is 0 Å². The smallest absolute Gasteiger partial charge is 0.235 e. The van der Waals surface area contributed by atoms with Crippen LogP contribution in [0.15, 0.2) is 23.2 Å². The number of isocyanates is 1. The molecule has 0 aliphatic heterocycles. The maximum Gasteiger partial charge on any atom is 0.235 e. The maximum atomic E-state index is 10.5. The third-order valence-electron chi connectivity index (χ3n) is 3.36. The Morgan fingerprint density at radius 2 is 2.24 bits per heavy atom. The summed E-state index contributed by atoms with van der Waals surface area (Å²) in [7, 11) is 0. The lowest BCUT2D eigenvalue weighted by Crippen LogP contribution is -2.03. The van der Waals surface area contributed by atoms with E-state index in [4.69, 9.17) is 11.6 Å². The van der Waals surface area contributed by atoms with Gasteiger partial charge in [-0.3, -0.25) is 0 Å². The fourth-order valence-electron chi connectivity index (χ4n) is 2.31. The molecule has 1 aromatic carbocycles. The van der Waals surface area contributed by atoms with Crippen molar-refractivity contribution >= 4 is 28.6 Å². The molecule has 1 saturated carbocycles. The number of hydrogen-bond acceptors (Lipinski definition) is 2. The van der Waals surface area contributed by atoms with Gasteiger partial charge in [-0.1, -0.05) is 17.7 Å². The van der Waals surface area contributed by atoms with Crippen LogP contribution in [0.5, 0.6) is 0 Å². The van der Waals surface area contributed by atoms with Gasteiger partial charge in [-0.15, -0.1) is 0 Å². The molecule has 0 spiro atoms. The first-order chi connectivity index (χ1) is 8.16. The second-order valence-electron chi connectivity index (χ2n) is 4.58. The predicted octanol–water partition coefficient (Wildman–Crippen LogP) is 3.45. The number of halogens is 1. The Kier molecular flexibility index (Phi) is 2.15. The number of nitrogens with zero attached hydrogens (tertiary/aromatic N) is 1. The summed E-state index contributed by atoms with van der Waals surface area (Å²) in [6.45, 7) is 1.99. The number of aromatic amines is 1. The number of benzene rings is 1. The fraction of sp³-hybridized carbons (Fsp3) is 0.308. The predicted molar refractivity (Wildman–Crippen MR) is 67.1 cm³/mol. The highest BCUT2D eigenvalue weighted by molar-refractivity contribution is 6.36. The molecule has 1 heterocycles. The quantitative estimate of drug-likeness (QED) is 0.640. The van der Waals surface area contributed by atoms with Crippen molar-refractivity contribution in [2.24, 2.45) is 4.99 Å². The first-order valence-electron chi connectivity index (χ1n) is 5.54. The standard InChI is InChI=1S/C13H11ClN2O/c1-8-6-9-11(16-8)3-2-10(12(9)14)13(4-5-13)15-7-17/h2-3,6,16H,4-5H2,1H3. The van der Waals surface area contributed by atoms with Crippen molar-refractivity contribution in [3.8, 4) is 0 Å². The highest BCUT2D eigenvalue weighted by Crippen LogP contribution is 2.52. The Hall–Kier alpha value is -1.57. The molecule has 2 aromatic rings. The Morgan fingerprint density at radius 3 is 2.88 bits per heavy atom. The summed E-state index contributed by atoms with van der Waals surface area (Å²) in [4.78, 5) is 17.6. The Bertz CT molecular complexity index is 649. The van der Waals surface area contributed by atoms with Gasteiger partial charge in [-0.05, 0) is 37.5 Å². The van der Waals surface area contributed by atoms with Crippen LogP contribution in [0.3, 0.4) is 0 Å². The molecule has 3 nitrogen and oxygen atoms in total. The van der Waals surface area contributed by atoms with E-state index >= 15 is 0 Å². The van der Waals surface area contributed by atoms with Crippen LogP contribution >= 0.6 is 11.6 Å². The van der Waals surface area contributed by atoms with Crippen molar-refractivity contribution in [2.75, 3.05) is 0 Å². The van der Waals surface area contributed by atoms with Crippen molar-refractivity contribution in [3.05, 3.63) is 34.5 Å². The van der Waals surface area contributed by atoms with Gasteiger partial charge < -0.3 is 4.98 Å². The van der Waals surface area contributed by atoms with Crippen LogP contribution in [0.2, 0.25) is 5.02 Å². The summed E-state index contributed by atoms with van der Waals surface area (Å²) in [5, 5.41) is 1.69. The lowest BCUT2D eigenvalue weighted by atomic mass is 10.0.